The summed E-state index contributed by atoms with van der Waals surface area (Å²) in [5, 5.41) is 23.6. The normalized spacial score (nSPS) is 27.1. The molecule has 41 heavy (non-hydrogen) atoms. The van der Waals surface area contributed by atoms with E-state index in [-0.39, 0.29) is 17.8 Å². The van der Waals surface area contributed by atoms with Gasteiger partial charge in [-0.05, 0) is 38.5 Å². The maximum Gasteiger partial charge on any atom is 0.411 e. The molecular weight excluding hydrogens is 536 g/mol. The van der Waals surface area contributed by atoms with Gasteiger partial charge in [0.1, 0.15) is 23.5 Å². The van der Waals surface area contributed by atoms with Crippen molar-refractivity contribution in [2.45, 2.75) is 82.6 Å². The standard InChI is InChI=1S/C26H38N8O7/c1-3-28-24(38)21-19(36)20(37)25(41-21)34-13-29-18-22(27)30-15(31-23(18)34)6-4-5-14-9-11-33(12-10-14)26(39)40-17-8-7-16(35)32(17)2/h13-14,17,19-21,25,36-37H,3-12H2,1-2H3,(H,28,38)(H2,27,30,31)/t17?,19-,20?,21+,25-/m1/s1. The second-order valence-corrected chi connectivity index (χ2v) is 10.9. The van der Waals surface area contributed by atoms with Crippen LogP contribution in [-0.4, -0.2) is 109 Å². The fraction of sp³-hybridized carbons (Fsp3) is 0.692. The Labute approximate surface area is 237 Å². The van der Waals surface area contributed by atoms with Crippen LogP contribution in [-0.2, 0) is 25.5 Å². The molecule has 15 heteroatoms. The van der Waals surface area contributed by atoms with Gasteiger partial charge in [-0.1, -0.05) is 0 Å². The molecule has 2 aromatic heterocycles. The molecule has 5 heterocycles. The van der Waals surface area contributed by atoms with Crippen molar-refractivity contribution < 1.29 is 34.1 Å². The molecule has 3 fully saturated rings. The number of ether oxygens (including phenoxy) is 2. The molecular formula is C26H38N8O7. The van der Waals surface area contributed by atoms with Gasteiger partial charge < -0.3 is 40.5 Å². The average molecular weight is 575 g/mol. The Balaban J connectivity index is 1.15. The third kappa shape index (κ3) is 5.92. The van der Waals surface area contributed by atoms with Gasteiger partial charge in [0, 0.05) is 45.9 Å². The number of hydrogen-bond donors (Lipinski definition) is 4. The summed E-state index contributed by atoms with van der Waals surface area (Å²) in [6.45, 7) is 3.32. The molecule has 0 aliphatic carbocycles. The van der Waals surface area contributed by atoms with Crippen LogP contribution in [0.3, 0.4) is 0 Å². The lowest BCUT2D eigenvalue weighted by atomic mass is 9.91. The van der Waals surface area contributed by atoms with Crippen molar-refractivity contribution in [2.75, 3.05) is 32.4 Å². The van der Waals surface area contributed by atoms with Gasteiger partial charge in [0.2, 0.25) is 5.91 Å². The zero-order valence-electron chi connectivity index (χ0n) is 23.3. The highest BCUT2D eigenvalue weighted by atomic mass is 16.6. The number of carbonyl (C=O) groups is 3. The number of nitrogen functional groups attached to an aromatic ring is 1. The lowest BCUT2D eigenvalue weighted by molar-refractivity contribution is -0.137. The summed E-state index contributed by atoms with van der Waals surface area (Å²) in [5.41, 5.74) is 6.85. The van der Waals surface area contributed by atoms with Crippen LogP contribution in [0.25, 0.3) is 11.2 Å². The fourth-order valence-corrected chi connectivity index (χ4v) is 5.72. The van der Waals surface area contributed by atoms with Crippen LogP contribution in [0.1, 0.15) is 57.5 Å². The van der Waals surface area contributed by atoms with Gasteiger partial charge in [0.05, 0.1) is 6.33 Å². The topological polar surface area (TPSA) is 198 Å². The van der Waals surface area contributed by atoms with E-state index in [1.54, 1.807) is 18.9 Å². The summed E-state index contributed by atoms with van der Waals surface area (Å²) in [7, 11) is 1.66. The predicted octanol–water partition coefficient (Wildman–Crippen LogP) is -0.0866. The average Bonchev–Trinajstić information content (AvgIpc) is 3.61. The van der Waals surface area contributed by atoms with Crippen molar-refractivity contribution in [3.05, 3.63) is 12.2 Å². The van der Waals surface area contributed by atoms with E-state index in [0.29, 0.717) is 61.8 Å². The molecule has 3 aliphatic rings. The fourth-order valence-electron chi connectivity index (χ4n) is 5.72. The molecule has 224 valence electrons. The van der Waals surface area contributed by atoms with E-state index >= 15 is 0 Å². The number of hydrogen-bond acceptors (Lipinski definition) is 11. The lowest BCUT2D eigenvalue weighted by Gasteiger charge is -2.32. The minimum Gasteiger partial charge on any atom is -0.425 e. The van der Waals surface area contributed by atoms with Crippen molar-refractivity contribution in [2.24, 2.45) is 5.92 Å². The zero-order chi connectivity index (χ0) is 29.3. The highest BCUT2D eigenvalue weighted by molar-refractivity contribution is 5.83. The van der Waals surface area contributed by atoms with Gasteiger partial charge in [-0.15, -0.1) is 0 Å². The number of amides is 3. The first-order valence-corrected chi connectivity index (χ1v) is 14.2. The number of aromatic nitrogens is 4. The molecule has 5 N–H and O–H groups in total. The largest absolute Gasteiger partial charge is 0.425 e. The molecule has 0 saturated carbocycles. The molecule has 5 atom stereocenters. The minimum atomic E-state index is -1.41. The Hall–Kier alpha value is -3.56. The second kappa shape index (κ2) is 12.1. The number of likely N-dealkylation sites (N-methyl/N-ethyl adjacent to an activating group) is 1. The second-order valence-electron chi connectivity index (χ2n) is 10.9. The van der Waals surface area contributed by atoms with E-state index in [4.69, 9.17) is 15.2 Å². The number of nitrogens with zero attached hydrogens (tertiary/aromatic N) is 6. The number of aliphatic hydroxyl groups is 2. The Morgan fingerprint density at radius 2 is 1.95 bits per heavy atom. The highest BCUT2D eigenvalue weighted by Gasteiger charge is 2.47. The first-order valence-electron chi connectivity index (χ1n) is 14.2. The van der Waals surface area contributed by atoms with E-state index < -0.39 is 36.7 Å². The number of anilines is 1. The third-order valence-corrected chi connectivity index (χ3v) is 8.17. The van der Waals surface area contributed by atoms with Crippen molar-refractivity contribution in [3.8, 4) is 0 Å². The highest BCUT2D eigenvalue weighted by Crippen LogP contribution is 2.32. The van der Waals surface area contributed by atoms with Crippen LogP contribution in [0.2, 0.25) is 0 Å². The van der Waals surface area contributed by atoms with Crippen LogP contribution in [0.5, 0.6) is 0 Å². The number of fused-ring (bicyclic) bond motifs is 1. The predicted molar refractivity (Wildman–Crippen MR) is 144 cm³/mol. The number of rotatable bonds is 8. The Morgan fingerprint density at radius 1 is 1.20 bits per heavy atom. The Bertz CT molecular complexity index is 1280. The van der Waals surface area contributed by atoms with Crippen LogP contribution in [0.4, 0.5) is 10.6 Å². The molecule has 0 spiro atoms. The van der Waals surface area contributed by atoms with Gasteiger partial charge in [0.25, 0.3) is 5.91 Å². The summed E-state index contributed by atoms with van der Waals surface area (Å²) in [6.07, 6.45) is 0.409. The molecule has 3 amide bonds. The first kappa shape index (κ1) is 29.0. The number of piperidine rings is 1. The van der Waals surface area contributed by atoms with Gasteiger partial charge >= 0.3 is 6.09 Å². The van der Waals surface area contributed by atoms with E-state index in [9.17, 15) is 24.6 Å². The maximum atomic E-state index is 12.5. The molecule has 3 aliphatic heterocycles. The molecule has 0 aromatic carbocycles. The molecule has 15 nitrogen and oxygen atoms in total. The zero-order valence-corrected chi connectivity index (χ0v) is 23.3. The summed E-state index contributed by atoms with van der Waals surface area (Å²) < 4.78 is 12.7. The molecule has 0 radical (unpaired) electrons. The third-order valence-electron chi connectivity index (χ3n) is 8.17. The summed E-state index contributed by atoms with van der Waals surface area (Å²) >= 11 is 0. The quantitative estimate of drug-likeness (QED) is 0.329. The smallest absolute Gasteiger partial charge is 0.411 e. The van der Waals surface area contributed by atoms with Gasteiger partial charge in [-0.3, -0.25) is 14.2 Å². The number of likely N-dealkylation sites (tertiary alicyclic amines) is 2. The summed E-state index contributed by atoms with van der Waals surface area (Å²) in [6, 6.07) is 0. The molecule has 2 aromatic rings. The number of carbonyl (C=O) groups excluding carboxylic acids is 3. The van der Waals surface area contributed by atoms with Crippen LogP contribution >= 0.6 is 0 Å². The number of nitrogens with two attached hydrogens (primary N) is 1. The summed E-state index contributed by atoms with van der Waals surface area (Å²) in [4.78, 5) is 53.0. The van der Waals surface area contributed by atoms with Crippen LogP contribution in [0, 0.1) is 5.92 Å². The number of aliphatic hydroxyl groups excluding tert-OH is 2. The molecule has 5 rings (SSSR count). The van der Waals surface area contributed by atoms with Crippen molar-refractivity contribution >= 4 is 34.9 Å². The van der Waals surface area contributed by atoms with Crippen LogP contribution < -0.4 is 11.1 Å². The maximum absolute atomic E-state index is 12.5. The first-order chi connectivity index (χ1) is 19.7. The molecule has 0 bridgehead atoms. The van der Waals surface area contributed by atoms with E-state index in [2.05, 4.69) is 20.3 Å². The van der Waals surface area contributed by atoms with Gasteiger partial charge in [-0.25, -0.2) is 19.7 Å². The van der Waals surface area contributed by atoms with Crippen molar-refractivity contribution in [1.29, 1.82) is 0 Å². The Morgan fingerprint density at radius 3 is 2.63 bits per heavy atom. The number of nitrogens with one attached hydrogen (secondary N) is 1. The van der Waals surface area contributed by atoms with Crippen LogP contribution in [0.15, 0.2) is 6.33 Å². The molecule has 2 unspecified atom stereocenters. The van der Waals surface area contributed by atoms with Gasteiger partial charge in [-0.2, -0.15) is 0 Å². The SMILES string of the molecule is CCNC(=O)[C@H]1O[C@@H](n2cnc3c(N)nc(CCCC4CCN(C(=O)OC5CCC(=O)N5C)CC4)nc32)C(O)[C@H]1O. The molecule has 3 saturated heterocycles. The van der Waals surface area contributed by atoms with E-state index in [1.165, 1.54) is 15.8 Å². The Kier molecular flexibility index (Phi) is 8.56. The van der Waals surface area contributed by atoms with Crippen molar-refractivity contribution in [1.82, 2.24) is 34.6 Å². The lowest BCUT2D eigenvalue weighted by Crippen LogP contribution is -2.42. The van der Waals surface area contributed by atoms with E-state index in [0.717, 1.165) is 25.7 Å². The monoisotopic (exact) mass is 574 g/mol. The van der Waals surface area contributed by atoms with Crippen molar-refractivity contribution in [3.63, 3.8) is 0 Å². The van der Waals surface area contributed by atoms with E-state index in [1.807, 2.05) is 0 Å². The number of imidazole rings is 1. The summed E-state index contributed by atoms with van der Waals surface area (Å²) in [5.74, 6) is 0.626. The minimum absolute atomic E-state index is 0.0100. The van der Waals surface area contributed by atoms with Gasteiger partial charge in [0.15, 0.2) is 30.0 Å². The number of aryl methyl sites for hydroxylation is 1.